The highest BCUT2D eigenvalue weighted by Gasteiger charge is 2.17. The molecule has 3 rings (SSSR count). The van der Waals surface area contributed by atoms with Gasteiger partial charge in [0.15, 0.2) is 0 Å². The number of carbonyl (C=O) groups excluding carboxylic acids is 1. The average molecular weight is 366 g/mol. The molecule has 3 aromatic rings. The van der Waals surface area contributed by atoms with Crippen LogP contribution in [0, 0.1) is 0 Å². The molecule has 0 heterocycles. The van der Waals surface area contributed by atoms with Crippen LogP contribution in [-0.2, 0) is 11.2 Å². The lowest BCUT2D eigenvalue weighted by atomic mass is 9.98. The molecule has 0 spiro atoms. The van der Waals surface area contributed by atoms with Crippen molar-refractivity contribution in [2.45, 2.75) is 18.9 Å². The van der Waals surface area contributed by atoms with E-state index in [-0.39, 0.29) is 17.7 Å². The lowest BCUT2D eigenvalue weighted by molar-refractivity contribution is -0.121. The van der Waals surface area contributed by atoms with Crippen LogP contribution in [-0.4, -0.2) is 11.0 Å². The van der Waals surface area contributed by atoms with Gasteiger partial charge in [-0.05, 0) is 41.3 Å². The zero-order valence-corrected chi connectivity index (χ0v) is 15.0. The highest BCUT2D eigenvalue weighted by Crippen LogP contribution is 2.25. The van der Waals surface area contributed by atoms with Gasteiger partial charge < -0.3 is 10.4 Å². The molecule has 26 heavy (non-hydrogen) atoms. The largest absolute Gasteiger partial charge is 0.508 e. The number of hydrogen-bond acceptors (Lipinski definition) is 2. The molecule has 1 unspecified atom stereocenters. The van der Waals surface area contributed by atoms with Gasteiger partial charge in [-0.2, -0.15) is 0 Å². The first-order chi connectivity index (χ1) is 12.6. The van der Waals surface area contributed by atoms with Gasteiger partial charge in [0.05, 0.1) is 6.04 Å². The first kappa shape index (κ1) is 18.0. The summed E-state index contributed by atoms with van der Waals surface area (Å²) < 4.78 is 0. The summed E-state index contributed by atoms with van der Waals surface area (Å²) in [6.45, 7) is 0. The van der Waals surface area contributed by atoms with E-state index in [4.69, 9.17) is 11.6 Å². The summed E-state index contributed by atoms with van der Waals surface area (Å²) in [6, 6.07) is 24.1. The molecular weight excluding hydrogens is 346 g/mol. The van der Waals surface area contributed by atoms with Crippen LogP contribution in [0.3, 0.4) is 0 Å². The minimum atomic E-state index is -0.272. The van der Waals surface area contributed by atoms with Crippen molar-refractivity contribution in [1.29, 1.82) is 0 Å². The molecule has 3 aromatic carbocycles. The van der Waals surface area contributed by atoms with Gasteiger partial charge in [0, 0.05) is 11.4 Å². The first-order valence-electron chi connectivity index (χ1n) is 8.50. The number of amides is 1. The molecule has 0 aliphatic rings. The Morgan fingerprint density at radius 1 is 0.923 bits per heavy atom. The molecule has 132 valence electrons. The summed E-state index contributed by atoms with van der Waals surface area (Å²) in [6.07, 6.45) is 0.775. The topological polar surface area (TPSA) is 49.3 Å². The van der Waals surface area contributed by atoms with Gasteiger partial charge in [0.25, 0.3) is 0 Å². The summed E-state index contributed by atoms with van der Waals surface area (Å²) in [5, 5.41) is 13.6. The number of nitrogens with one attached hydrogen (secondary N) is 1. The minimum Gasteiger partial charge on any atom is -0.508 e. The molecule has 0 radical (unpaired) electrons. The molecule has 0 aliphatic heterocycles. The molecule has 0 fully saturated rings. The molecule has 0 bridgehead atoms. The van der Waals surface area contributed by atoms with E-state index in [1.165, 1.54) is 0 Å². The van der Waals surface area contributed by atoms with E-state index in [0.29, 0.717) is 17.9 Å². The van der Waals surface area contributed by atoms with Crippen molar-refractivity contribution in [1.82, 2.24) is 5.32 Å². The number of para-hydroxylation sites is 1. The van der Waals surface area contributed by atoms with E-state index in [2.05, 4.69) is 5.32 Å². The highest BCUT2D eigenvalue weighted by molar-refractivity contribution is 6.30. The van der Waals surface area contributed by atoms with Gasteiger partial charge in [-0.3, -0.25) is 4.79 Å². The molecule has 3 nitrogen and oxygen atoms in total. The van der Waals surface area contributed by atoms with Crippen LogP contribution in [0.15, 0.2) is 78.9 Å². The van der Waals surface area contributed by atoms with Crippen molar-refractivity contribution in [3.8, 4) is 5.75 Å². The maximum Gasteiger partial charge on any atom is 0.221 e. The van der Waals surface area contributed by atoms with Crippen LogP contribution in [0.1, 0.15) is 29.2 Å². The third kappa shape index (κ3) is 4.64. The number of carbonyl (C=O) groups is 1. The van der Waals surface area contributed by atoms with Gasteiger partial charge in [0.2, 0.25) is 5.91 Å². The number of phenolic OH excluding ortho intramolecular Hbond substituents is 1. The van der Waals surface area contributed by atoms with Crippen LogP contribution < -0.4 is 5.32 Å². The summed E-state index contributed by atoms with van der Waals surface area (Å²) in [4.78, 5) is 12.5. The van der Waals surface area contributed by atoms with E-state index in [1.807, 2.05) is 66.7 Å². The third-order valence-electron chi connectivity index (χ3n) is 4.23. The molecule has 0 aliphatic carbocycles. The van der Waals surface area contributed by atoms with Gasteiger partial charge in [-0.1, -0.05) is 72.3 Å². The minimum absolute atomic E-state index is 0.0814. The maximum atomic E-state index is 12.5. The fraction of sp³-hybridized carbons (Fsp3) is 0.136. The normalized spacial score (nSPS) is 11.7. The van der Waals surface area contributed by atoms with Crippen LogP contribution in [0.25, 0.3) is 0 Å². The van der Waals surface area contributed by atoms with Crippen LogP contribution in [0.5, 0.6) is 5.75 Å². The van der Waals surface area contributed by atoms with E-state index in [9.17, 15) is 9.90 Å². The van der Waals surface area contributed by atoms with E-state index >= 15 is 0 Å². The summed E-state index contributed by atoms with van der Waals surface area (Å²) >= 11 is 6.13. The van der Waals surface area contributed by atoms with Crippen molar-refractivity contribution in [3.63, 3.8) is 0 Å². The fourth-order valence-electron chi connectivity index (χ4n) is 2.89. The van der Waals surface area contributed by atoms with E-state index < -0.39 is 0 Å². The molecule has 1 amide bonds. The molecule has 1 atom stereocenters. The second-order valence-electron chi connectivity index (χ2n) is 6.09. The lowest BCUT2D eigenvalue weighted by Gasteiger charge is -2.20. The Bertz CT molecular complexity index is 880. The quantitative estimate of drug-likeness (QED) is 0.653. The Kier molecular flexibility index (Phi) is 5.92. The number of rotatable bonds is 6. The Labute approximate surface area is 158 Å². The van der Waals surface area contributed by atoms with Gasteiger partial charge >= 0.3 is 0 Å². The van der Waals surface area contributed by atoms with Crippen molar-refractivity contribution < 1.29 is 9.90 Å². The van der Waals surface area contributed by atoms with Crippen LogP contribution >= 0.6 is 11.6 Å². The molecule has 4 heteroatoms. The van der Waals surface area contributed by atoms with Gasteiger partial charge in [-0.15, -0.1) is 0 Å². The molecule has 0 saturated carbocycles. The Balaban J connectivity index is 1.75. The maximum absolute atomic E-state index is 12.5. The number of halogens is 1. The summed E-state index contributed by atoms with van der Waals surface area (Å²) in [5.41, 5.74) is 2.69. The Hall–Kier alpha value is -2.78. The number of hydrogen-bond donors (Lipinski definition) is 2. The third-order valence-corrected chi connectivity index (χ3v) is 4.47. The zero-order chi connectivity index (χ0) is 18.4. The van der Waals surface area contributed by atoms with Crippen molar-refractivity contribution in [2.75, 3.05) is 0 Å². The number of benzene rings is 3. The average Bonchev–Trinajstić information content (AvgIpc) is 2.66. The predicted octanol–water partition coefficient (Wildman–Crippen LogP) is 4.88. The zero-order valence-electron chi connectivity index (χ0n) is 14.2. The van der Waals surface area contributed by atoms with Gasteiger partial charge in [-0.25, -0.2) is 0 Å². The second kappa shape index (κ2) is 8.54. The predicted molar refractivity (Wildman–Crippen MR) is 104 cm³/mol. The Morgan fingerprint density at radius 2 is 1.62 bits per heavy atom. The summed E-state index contributed by atoms with van der Waals surface area (Å²) in [7, 11) is 0. The van der Waals surface area contributed by atoms with Crippen molar-refractivity contribution in [3.05, 3.63) is 101 Å². The highest BCUT2D eigenvalue weighted by atomic mass is 35.5. The second-order valence-corrected chi connectivity index (χ2v) is 6.53. The van der Waals surface area contributed by atoms with Crippen molar-refractivity contribution >= 4 is 17.5 Å². The van der Waals surface area contributed by atoms with E-state index in [1.54, 1.807) is 12.1 Å². The molecule has 2 N–H and O–H groups in total. The molecule has 0 aromatic heterocycles. The Morgan fingerprint density at radius 3 is 2.35 bits per heavy atom. The fourth-order valence-corrected chi connectivity index (χ4v) is 3.09. The number of aryl methyl sites for hydroxylation is 1. The number of aromatic hydroxyl groups is 1. The first-order valence-corrected chi connectivity index (χ1v) is 8.88. The smallest absolute Gasteiger partial charge is 0.221 e. The van der Waals surface area contributed by atoms with Crippen LogP contribution in [0.2, 0.25) is 5.02 Å². The lowest BCUT2D eigenvalue weighted by Crippen LogP contribution is -2.29. The van der Waals surface area contributed by atoms with Crippen molar-refractivity contribution in [2.24, 2.45) is 0 Å². The van der Waals surface area contributed by atoms with Crippen LogP contribution in [0.4, 0.5) is 0 Å². The van der Waals surface area contributed by atoms with E-state index in [0.717, 1.165) is 16.7 Å². The summed E-state index contributed by atoms with van der Waals surface area (Å²) in [5.74, 6) is 0.136. The van der Waals surface area contributed by atoms with Gasteiger partial charge in [0.1, 0.15) is 5.75 Å². The monoisotopic (exact) mass is 365 g/mol. The molecular formula is C22H20ClNO2. The number of phenols is 1. The molecule has 0 saturated heterocycles. The SMILES string of the molecule is O=C(CCc1ccccc1O)NC(c1ccccc1)c1cccc(Cl)c1. The standard InChI is InChI=1S/C22H20ClNO2/c23-19-11-6-10-18(15-19)22(17-8-2-1-3-9-17)24-21(26)14-13-16-7-4-5-12-20(16)25/h1-12,15,22,25H,13-14H2,(H,24,26).